The molecule has 3 rings (SSSR count). The van der Waals surface area contributed by atoms with Gasteiger partial charge in [0, 0.05) is 17.5 Å². The van der Waals surface area contributed by atoms with Crippen LogP contribution in [-0.2, 0) is 0 Å². The minimum absolute atomic E-state index is 0.727. The van der Waals surface area contributed by atoms with E-state index in [4.69, 9.17) is 0 Å². The largest absolute Gasteiger partial charge is 0.369 e. The zero-order valence-corrected chi connectivity index (χ0v) is 13.3. The van der Waals surface area contributed by atoms with E-state index in [1.807, 2.05) is 0 Å². The zero-order chi connectivity index (χ0) is 14.1. The van der Waals surface area contributed by atoms with Crippen molar-refractivity contribution in [1.82, 2.24) is 14.9 Å². The van der Waals surface area contributed by atoms with Crippen LogP contribution >= 0.6 is 11.3 Å². The summed E-state index contributed by atoms with van der Waals surface area (Å²) >= 11 is 1.75. The number of likely N-dealkylation sites (tertiary alicyclic amines) is 1. The van der Waals surface area contributed by atoms with Crippen molar-refractivity contribution < 1.29 is 0 Å². The van der Waals surface area contributed by atoms with Gasteiger partial charge in [-0.15, -0.1) is 11.3 Å². The Kier molecular flexibility index (Phi) is 3.89. The number of aromatic nitrogens is 2. The van der Waals surface area contributed by atoms with Gasteiger partial charge in [0.05, 0.1) is 5.39 Å². The fourth-order valence-corrected chi connectivity index (χ4v) is 4.01. The van der Waals surface area contributed by atoms with Crippen molar-refractivity contribution in [2.45, 2.75) is 39.2 Å². The number of hydrogen-bond acceptors (Lipinski definition) is 5. The highest BCUT2D eigenvalue weighted by molar-refractivity contribution is 7.18. The van der Waals surface area contributed by atoms with Crippen LogP contribution < -0.4 is 5.32 Å². The molecule has 2 aromatic heterocycles. The molecule has 1 saturated heterocycles. The molecule has 1 aliphatic heterocycles. The number of nitrogens with one attached hydrogen (secondary N) is 1. The van der Waals surface area contributed by atoms with Crippen LogP contribution in [0.5, 0.6) is 0 Å². The van der Waals surface area contributed by atoms with Gasteiger partial charge in [-0.05, 0) is 52.3 Å². The van der Waals surface area contributed by atoms with E-state index in [9.17, 15) is 0 Å². The van der Waals surface area contributed by atoms with E-state index in [0.29, 0.717) is 0 Å². The van der Waals surface area contributed by atoms with Crippen molar-refractivity contribution >= 4 is 27.4 Å². The monoisotopic (exact) mass is 290 g/mol. The molecule has 0 radical (unpaired) electrons. The standard InChI is InChI=1S/C15H22N4S/c1-10-11(2)20-15-13(10)14(17-9-18-15)16-7-6-12-5-4-8-19(12)3/h9,12H,4-8H2,1-3H3,(H,16,17,18)/t12-/m1/s1. The molecular formula is C15H22N4S. The summed E-state index contributed by atoms with van der Waals surface area (Å²) < 4.78 is 0. The fraction of sp³-hybridized carbons (Fsp3) is 0.600. The van der Waals surface area contributed by atoms with E-state index in [0.717, 1.165) is 23.2 Å². The number of anilines is 1. The third-order valence-corrected chi connectivity index (χ3v) is 5.52. The highest BCUT2D eigenvalue weighted by Crippen LogP contribution is 2.32. The lowest BCUT2D eigenvalue weighted by Gasteiger charge is -2.19. The molecule has 108 valence electrons. The molecule has 2 aromatic rings. The van der Waals surface area contributed by atoms with Crippen LogP contribution in [0.2, 0.25) is 0 Å². The summed E-state index contributed by atoms with van der Waals surface area (Å²) in [5.41, 5.74) is 1.31. The highest BCUT2D eigenvalue weighted by atomic mass is 32.1. The molecule has 0 saturated carbocycles. The Morgan fingerprint density at radius 1 is 1.40 bits per heavy atom. The molecule has 0 amide bonds. The first-order valence-electron chi connectivity index (χ1n) is 7.31. The maximum absolute atomic E-state index is 4.44. The highest BCUT2D eigenvalue weighted by Gasteiger charge is 2.20. The summed E-state index contributed by atoms with van der Waals surface area (Å²) in [6.45, 7) is 6.53. The predicted octanol–water partition coefficient (Wildman–Crippen LogP) is 3.20. The molecule has 20 heavy (non-hydrogen) atoms. The summed E-state index contributed by atoms with van der Waals surface area (Å²) in [6, 6.07) is 0.727. The van der Waals surface area contributed by atoms with Gasteiger partial charge in [0.25, 0.3) is 0 Å². The number of hydrogen-bond donors (Lipinski definition) is 1. The van der Waals surface area contributed by atoms with Crippen LogP contribution in [0.4, 0.5) is 5.82 Å². The van der Waals surface area contributed by atoms with Gasteiger partial charge < -0.3 is 10.2 Å². The number of thiophene rings is 1. The Balaban J connectivity index is 1.71. The quantitative estimate of drug-likeness (QED) is 0.939. The molecular weight excluding hydrogens is 268 g/mol. The lowest BCUT2D eigenvalue weighted by Crippen LogP contribution is -2.27. The minimum atomic E-state index is 0.727. The zero-order valence-electron chi connectivity index (χ0n) is 12.4. The Bertz CT molecular complexity index is 607. The van der Waals surface area contributed by atoms with Crippen molar-refractivity contribution in [2.75, 3.05) is 25.5 Å². The fourth-order valence-electron chi connectivity index (χ4n) is 3.02. The molecule has 0 aromatic carbocycles. The van der Waals surface area contributed by atoms with Gasteiger partial charge in [-0.1, -0.05) is 0 Å². The van der Waals surface area contributed by atoms with Crippen LogP contribution in [0.25, 0.3) is 10.2 Å². The lowest BCUT2D eigenvalue weighted by atomic mass is 10.1. The summed E-state index contributed by atoms with van der Waals surface area (Å²) in [4.78, 5) is 13.7. The van der Waals surface area contributed by atoms with Crippen LogP contribution in [0.15, 0.2) is 6.33 Å². The van der Waals surface area contributed by atoms with Gasteiger partial charge >= 0.3 is 0 Å². The van der Waals surface area contributed by atoms with E-state index in [1.54, 1.807) is 17.7 Å². The molecule has 3 heterocycles. The van der Waals surface area contributed by atoms with Crippen LogP contribution in [0.1, 0.15) is 29.7 Å². The molecule has 0 aliphatic carbocycles. The summed E-state index contributed by atoms with van der Waals surface area (Å²) in [5.74, 6) is 0.998. The first-order chi connectivity index (χ1) is 9.66. The topological polar surface area (TPSA) is 41.1 Å². The predicted molar refractivity (Wildman–Crippen MR) is 85.6 cm³/mol. The average Bonchev–Trinajstić information content (AvgIpc) is 2.96. The van der Waals surface area contributed by atoms with Gasteiger partial charge in [0.1, 0.15) is 17.0 Å². The van der Waals surface area contributed by atoms with Gasteiger partial charge in [0.2, 0.25) is 0 Å². The van der Waals surface area contributed by atoms with E-state index in [-0.39, 0.29) is 0 Å². The molecule has 5 heteroatoms. The van der Waals surface area contributed by atoms with Crippen molar-refractivity contribution in [2.24, 2.45) is 0 Å². The Morgan fingerprint density at radius 2 is 2.25 bits per heavy atom. The average molecular weight is 290 g/mol. The third kappa shape index (κ3) is 2.52. The molecule has 4 nitrogen and oxygen atoms in total. The van der Waals surface area contributed by atoms with Gasteiger partial charge in [0.15, 0.2) is 0 Å². The second-order valence-corrected chi connectivity index (χ2v) is 6.88. The summed E-state index contributed by atoms with van der Waals surface area (Å²) in [6.07, 6.45) is 5.52. The van der Waals surface area contributed by atoms with Crippen molar-refractivity contribution in [3.05, 3.63) is 16.8 Å². The molecule has 1 atom stereocenters. The smallest absolute Gasteiger partial charge is 0.138 e. The van der Waals surface area contributed by atoms with E-state index in [2.05, 4.69) is 41.1 Å². The van der Waals surface area contributed by atoms with Crippen molar-refractivity contribution in [1.29, 1.82) is 0 Å². The Morgan fingerprint density at radius 3 is 3.00 bits per heavy atom. The van der Waals surface area contributed by atoms with Gasteiger partial charge in [-0.25, -0.2) is 9.97 Å². The molecule has 0 spiro atoms. The van der Waals surface area contributed by atoms with E-state index >= 15 is 0 Å². The molecule has 0 bridgehead atoms. The van der Waals surface area contributed by atoms with E-state index < -0.39 is 0 Å². The summed E-state index contributed by atoms with van der Waals surface area (Å²) in [7, 11) is 2.23. The lowest BCUT2D eigenvalue weighted by molar-refractivity contribution is 0.301. The first-order valence-corrected chi connectivity index (χ1v) is 8.13. The summed E-state index contributed by atoms with van der Waals surface area (Å²) in [5, 5.41) is 4.72. The van der Waals surface area contributed by atoms with Crippen LogP contribution in [-0.4, -0.2) is 41.0 Å². The number of nitrogens with zero attached hydrogens (tertiary/aromatic N) is 3. The maximum Gasteiger partial charge on any atom is 0.138 e. The van der Waals surface area contributed by atoms with Crippen LogP contribution in [0.3, 0.4) is 0 Å². The van der Waals surface area contributed by atoms with Gasteiger partial charge in [-0.3, -0.25) is 0 Å². The third-order valence-electron chi connectivity index (χ3n) is 4.41. The number of aryl methyl sites for hydroxylation is 2. The van der Waals surface area contributed by atoms with Gasteiger partial charge in [-0.2, -0.15) is 0 Å². The van der Waals surface area contributed by atoms with Crippen LogP contribution in [0, 0.1) is 13.8 Å². The molecule has 0 unspecified atom stereocenters. The van der Waals surface area contributed by atoms with E-state index in [1.165, 1.54) is 41.6 Å². The molecule has 1 aliphatic rings. The minimum Gasteiger partial charge on any atom is -0.369 e. The first kappa shape index (κ1) is 13.8. The van der Waals surface area contributed by atoms with Crippen molar-refractivity contribution in [3.63, 3.8) is 0 Å². The Labute approximate surface area is 124 Å². The number of fused-ring (bicyclic) bond motifs is 1. The Hall–Kier alpha value is -1.20. The number of rotatable bonds is 4. The normalized spacial score (nSPS) is 19.9. The molecule has 1 fully saturated rings. The second-order valence-electron chi connectivity index (χ2n) is 5.68. The molecule has 1 N–H and O–H groups in total. The van der Waals surface area contributed by atoms with Crippen molar-refractivity contribution in [3.8, 4) is 0 Å². The second kappa shape index (κ2) is 5.66. The maximum atomic E-state index is 4.44. The SMILES string of the molecule is Cc1sc2ncnc(NCC[C@H]3CCCN3C)c2c1C.